The maximum atomic E-state index is 10.8. The van der Waals surface area contributed by atoms with Gasteiger partial charge < -0.3 is 4.74 Å². The van der Waals surface area contributed by atoms with Crippen molar-refractivity contribution in [3.8, 4) is 5.75 Å². The second-order valence-electron chi connectivity index (χ2n) is 3.54. The van der Waals surface area contributed by atoms with Crippen LogP contribution in [0.25, 0.3) is 0 Å². The van der Waals surface area contributed by atoms with Crippen LogP contribution in [-0.2, 0) is 4.79 Å². The fourth-order valence-corrected chi connectivity index (χ4v) is 3.25. The Hall–Kier alpha value is -1.39. The standard InChI is InChI=1S/C14H12O2S2/c1-11(15)16-12-7-9-14(10-8-12)18-17-13-5-3-2-4-6-13/h2-10H,1H3. The smallest absolute Gasteiger partial charge is 0.308 e. The minimum absolute atomic E-state index is 0.297. The first-order valence-corrected chi connectivity index (χ1v) is 7.57. The highest BCUT2D eigenvalue weighted by Crippen LogP contribution is 2.37. The average molecular weight is 276 g/mol. The number of rotatable bonds is 4. The quantitative estimate of drug-likeness (QED) is 0.469. The van der Waals surface area contributed by atoms with Gasteiger partial charge in [0.05, 0.1) is 0 Å². The Balaban J connectivity index is 1.92. The number of carbonyl (C=O) groups excluding carboxylic acids is 1. The summed E-state index contributed by atoms with van der Waals surface area (Å²) in [7, 11) is 3.38. The van der Waals surface area contributed by atoms with Crippen LogP contribution >= 0.6 is 21.6 Å². The summed E-state index contributed by atoms with van der Waals surface area (Å²) in [5, 5.41) is 0. The Kier molecular flexibility index (Phi) is 4.73. The third-order valence-electron chi connectivity index (χ3n) is 2.06. The van der Waals surface area contributed by atoms with Crippen molar-refractivity contribution in [1.29, 1.82) is 0 Å². The van der Waals surface area contributed by atoms with Gasteiger partial charge in [0.15, 0.2) is 0 Å². The van der Waals surface area contributed by atoms with E-state index in [4.69, 9.17) is 4.74 Å². The van der Waals surface area contributed by atoms with Crippen molar-refractivity contribution in [2.45, 2.75) is 16.7 Å². The largest absolute Gasteiger partial charge is 0.427 e. The molecule has 0 heterocycles. The van der Waals surface area contributed by atoms with Crippen LogP contribution in [0, 0.1) is 0 Å². The normalized spacial score (nSPS) is 10.1. The maximum absolute atomic E-state index is 10.8. The molecule has 0 bridgehead atoms. The van der Waals surface area contributed by atoms with Gasteiger partial charge in [-0.2, -0.15) is 0 Å². The third kappa shape index (κ3) is 4.13. The van der Waals surface area contributed by atoms with Crippen molar-refractivity contribution < 1.29 is 9.53 Å². The molecule has 0 aromatic heterocycles. The van der Waals surface area contributed by atoms with Crippen LogP contribution in [0.1, 0.15) is 6.92 Å². The van der Waals surface area contributed by atoms with Crippen molar-refractivity contribution in [3.63, 3.8) is 0 Å². The summed E-state index contributed by atoms with van der Waals surface area (Å²) in [6, 6.07) is 17.7. The molecule has 18 heavy (non-hydrogen) atoms. The van der Waals surface area contributed by atoms with Crippen LogP contribution in [-0.4, -0.2) is 5.97 Å². The minimum Gasteiger partial charge on any atom is -0.427 e. The highest BCUT2D eigenvalue weighted by Gasteiger charge is 2.00. The van der Waals surface area contributed by atoms with E-state index in [1.54, 1.807) is 33.7 Å². The molecule has 92 valence electrons. The zero-order valence-electron chi connectivity index (χ0n) is 9.83. The number of esters is 1. The molecule has 2 aromatic carbocycles. The molecule has 0 saturated heterocycles. The van der Waals surface area contributed by atoms with E-state index in [1.807, 2.05) is 30.3 Å². The first-order valence-electron chi connectivity index (χ1n) is 5.42. The summed E-state index contributed by atoms with van der Waals surface area (Å²) in [6.45, 7) is 1.40. The van der Waals surface area contributed by atoms with Gasteiger partial charge in [0.1, 0.15) is 5.75 Å². The Labute approximate surface area is 114 Å². The molecule has 0 saturated carbocycles. The van der Waals surface area contributed by atoms with Gasteiger partial charge in [0, 0.05) is 16.7 Å². The maximum Gasteiger partial charge on any atom is 0.308 e. The SMILES string of the molecule is CC(=O)Oc1ccc(SSc2ccccc2)cc1. The van der Waals surface area contributed by atoms with Crippen LogP contribution in [0.3, 0.4) is 0 Å². The Morgan fingerprint density at radius 1 is 0.889 bits per heavy atom. The molecule has 0 unspecified atom stereocenters. The summed E-state index contributed by atoms with van der Waals surface area (Å²) in [5.41, 5.74) is 0. The lowest BCUT2D eigenvalue weighted by Gasteiger charge is -2.03. The first kappa shape index (κ1) is 13.1. The number of hydrogen-bond donors (Lipinski definition) is 0. The lowest BCUT2D eigenvalue weighted by molar-refractivity contribution is -0.131. The van der Waals surface area contributed by atoms with E-state index < -0.39 is 0 Å². The highest BCUT2D eigenvalue weighted by molar-refractivity contribution is 8.76. The second-order valence-corrected chi connectivity index (χ2v) is 5.82. The Morgan fingerprint density at radius 2 is 1.44 bits per heavy atom. The van der Waals surface area contributed by atoms with E-state index in [0.29, 0.717) is 5.75 Å². The van der Waals surface area contributed by atoms with E-state index in [9.17, 15) is 4.79 Å². The average Bonchev–Trinajstić information content (AvgIpc) is 2.38. The van der Waals surface area contributed by atoms with E-state index >= 15 is 0 Å². The summed E-state index contributed by atoms with van der Waals surface area (Å²) in [6.07, 6.45) is 0. The monoisotopic (exact) mass is 276 g/mol. The molecule has 0 aliphatic carbocycles. The van der Waals surface area contributed by atoms with Crippen LogP contribution in [0.15, 0.2) is 64.4 Å². The molecule has 2 aromatic rings. The molecule has 0 atom stereocenters. The van der Waals surface area contributed by atoms with Gasteiger partial charge in [-0.15, -0.1) is 0 Å². The number of ether oxygens (including phenoxy) is 1. The number of benzene rings is 2. The van der Waals surface area contributed by atoms with E-state index in [0.717, 1.165) is 4.90 Å². The molecule has 4 heteroatoms. The summed E-state index contributed by atoms with van der Waals surface area (Å²) in [4.78, 5) is 13.1. The van der Waals surface area contributed by atoms with Crippen molar-refractivity contribution in [2.24, 2.45) is 0 Å². The predicted molar refractivity (Wildman–Crippen MR) is 75.9 cm³/mol. The fraction of sp³-hybridized carbons (Fsp3) is 0.0714. The van der Waals surface area contributed by atoms with Crippen molar-refractivity contribution in [3.05, 3.63) is 54.6 Å². The molecule has 0 radical (unpaired) electrons. The highest BCUT2D eigenvalue weighted by atomic mass is 33.1. The molecule has 0 fully saturated rings. The van der Waals surface area contributed by atoms with Crippen molar-refractivity contribution >= 4 is 27.6 Å². The summed E-state index contributed by atoms with van der Waals surface area (Å²) in [5.74, 6) is 0.283. The van der Waals surface area contributed by atoms with Crippen LogP contribution < -0.4 is 4.74 Å². The van der Waals surface area contributed by atoms with Gasteiger partial charge in [-0.25, -0.2) is 0 Å². The topological polar surface area (TPSA) is 26.3 Å². The van der Waals surface area contributed by atoms with Gasteiger partial charge >= 0.3 is 5.97 Å². The molecule has 2 nitrogen and oxygen atoms in total. The second kappa shape index (κ2) is 6.52. The van der Waals surface area contributed by atoms with Crippen LogP contribution in [0.5, 0.6) is 5.75 Å². The Bertz CT molecular complexity index is 509. The van der Waals surface area contributed by atoms with Crippen molar-refractivity contribution in [1.82, 2.24) is 0 Å². The number of hydrogen-bond acceptors (Lipinski definition) is 4. The number of carbonyl (C=O) groups is 1. The van der Waals surface area contributed by atoms with E-state index in [1.165, 1.54) is 11.8 Å². The lowest BCUT2D eigenvalue weighted by atomic mass is 10.3. The molecule has 0 spiro atoms. The van der Waals surface area contributed by atoms with Crippen molar-refractivity contribution in [2.75, 3.05) is 0 Å². The molecule has 0 aliphatic rings. The molecular formula is C14H12O2S2. The molecule has 0 aliphatic heterocycles. The van der Waals surface area contributed by atoms with E-state index in [-0.39, 0.29) is 5.97 Å². The van der Waals surface area contributed by atoms with Gasteiger partial charge in [-0.05, 0) is 36.4 Å². The summed E-state index contributed by atoms with van der Waals surface area (Å²) < 4.78 is 4.98. The first-order chi connectivity index (χ1) is 8.74. The lowest BCUT2D eigenvalue weighted by Crippen LogP contribution is -2.00. The molecular weight excluding hydrogens is 264 g/mol. The summed E-state index contributed by atoms with van der Waals surface area (Å²) >= 11 is 0. The van der Waals surface area contributed by atoms with Gasteiger partial charge in [0.25, 0.3) is 0 Å². The van der Waals surface area contributed by atoms with Gasteiger partial charge in [0.2, 0.25) is 0 Å². The predicted octanol–water partition coefficient (Wildman–Crippen LogP) is 4.41. The zero-order valence-corrected chi connectivity index (χ0v) is 11.5. The third-order valence-corrected chi connectivity index (χ3v) is 4.48. The van der Waals surface area contributed by atoms with Gasteiger partial charge in [-0.1, -0.05) is 39.8 Å². The van der Waals surface area contributed by atoms with Crippen LogP contribution in [0.4, 0.5) is 0 Å². The van der Waals surface area contributed by atoms with E-state index in [2.05, 4.69) is 12.1 Å². The van der Waals surface area contributed by atoms with Crippen LogP contribution in [0.2, 0.25) is 0 Å². The molecule has 0 N–H and O–H groups in total. The molecule has 2 rings (SSSR count). The minimum atomic E-state index is -0.297. The fourth-order valence-electron chi connectivity index (χ4n) is 1.30. The zero-order chi connectivity index (χ0) is 12.8. The molecule has 0 amide bonds. The van der Waals surface area contributed by atoms with Gasteiger partial charge in [-0.3, -0.25) is 4.79 Å². The Morgan fingerprint density at radius 3 is 2.00 bits per heavy atom.